The van der Waals surface area contributed by atoms with Gasteiger partial charge in [-0.05, 0) is 54.3 Å². The van der Waals surface area contributed by atoms with E-state index in [2.05, 4.69) is 76.8 Å². The number of fused-ring (bicyclic) bond motifs is 2. The van der Waals surface area contributed by atoms with E-state index in [1.54, 1.807) is 12.3 Å². The van der Waals surface area contributed by atoms with Gasteiger partial charge in [0.2, 0.25) is 0 Å². The fourth-order valence-electron chi connectivity index (χ4n) is 5.06. The summed E-state index contributed by atoms with van der Waals surface area (Å²) < 4.78 is 1.96. The molecular weight excluding hydrogens is 510 g/mol. The Labute approximate surface area is 238 Å². The smallest absolute Gasteiger partial charge is 0.110 e. The van der Waals surface area contributed by atoms with Gasteiger partial charge in [-0.25, -0.2) is 4.68 Å². The van der Waals surface area contributed by atoms with Crippen LogP contribution in [0.4, 0.5) is 11.4 Å². The molecule has 204 valence electrons. The number of nitriles is 2. The van der Waals surface area contributed by atoms with Gasteiger partial charge < -0.3 is 10.6 Å². The third kappa shape index (κ3) is 5.03. The van der Waals surface area contributed by atoms with Crippen LogP contribution in [0.3, 0.4) is 0 Å². The van der Waals surface area contributed by atoms with Crippen LogP contribution >= 0.6 is 0 Å². The molecule has 0 saturated heterocycles. The van der Waals surface area contributed by atoms with Gasteiger partial charge in [0.1, 0.15) is 17.8 Å². The van der Waals surface area contributed by atoms with Gasteiger partial charge in [-0.15, -0.1) is 5.10 Å². The van der Waals surface area contributed by atoms with Crippen molar-refractivity contribution in [3.8, 4) is 12.1 Å². The van der Waals surface area contributed by atoms with Crippen molar-refractivity contribution < 1.29 is 0 Å². The van der Waals surface area contributed by atoms with Crippen LogP contribution in [0.25, 0.3) is 21.7 Å². The second kappa shape index (κ2) is 9.87. The van der Waals surface area contributed by atoms with Gasteiger partial charge in [-0.1, -0.05) is 44.2 Å². The predicted octanol–water partition coefficient (Wildman–Crippen LogP) is 6.29. The van der Waals surface area contributed by atoms with E-state index in [4.69, 9.17) is 0 Å². The van der Waals surface area contributed by atoms with E-state index in [0.29, 0.717) is 39.9 Å². The minimum absolute atomic E-state index is 0.00237. The fourth-order valence-corrected chi connectivity index (χ4v) is 5.06. The van der Waals surface area contributed by atoms with Crippen LogP contribution in [-0.4, -0.2) is 31.5 Å². The second-order valence-corrected chi connectivity index (χ2v) is 12.2. The van der Waals surface area contributed by atoms with Crippen molar-refractivity contribution in [2.45, 2.75) is 52.1 Å². The molecule has 1 atom stereocenters. The largest absolute Gasteiger partial charge is 0.383 e. The number of benzene rings is 2. The van der Waals surface area contributed by atoms with Crippen molar-refractivity contribution in [2.24, 2.45) is 5.41 Å². The summed E-state index contributed by atoms with van der Waals surface area (Å²) in [5, 5.41) is 39.0. The van der Waals surface area contributed by atoms with E-state index in [-0.39, 0.29) is 17.0 Å². The molecule has 5 aromatic rings. The van der Waals surface area contributed by atoms with Crippen LogP contribution < -0.4 is 10.6 Å². The summed E-state index contributed by atoms with van der Waals surface area (Å²) in [5.41, 5.74) is 4.57. The van der Waals surface area contributed by atoms with Gasteiger partial charge in [-0.3, -0.25) is 9.97 Å². The molecule has 0 amide bonds. The number of nitrogens with one attached hydrogen (secondary N) is 2. The van der Waals surface area contributed by atoms with E-state index in [1.165, 1.54) is 6.20 Å². The van der Waals surface area contributed by atoms with Crippen LogP contribution in [0.15, 0.2) is 61.2 Å². The summed E-state index contributed by atoms with van der Waals surface area (Å²) in [7, 11) is 0. The molecule has 1 aliphatic carbocycles. The summed E-state index contributed by atoms with van der Waals surface area (Å²) in [6.07, 6.45) is 9.33. The van der Waals surface area contributed by atoms with E-state index >= 15 is 0 Å². The number of hydrogen-bond donors (Lipinski definition) is 2. The number of hydrogen-bond acceptors (Lipinski definition) is 8. The van der Waals surface area contributed by atoms with Crippen molar-refractivity contribution in [1.82, 2.24) is 25.0 Å². The molecule has 1 unspecified atom stereocenters. The molecule has 2 N–H and O–H groups in total. The molecule has 1 fully saturated rings. The molecule has 0 aliphatic heterocycles. The van der Waals surface area contributed by atoms with Gasteiger partial charge in [-0.2, -0.15) is 10.5 Å². The number of pyridine rings is 2. The van der Waals surface area contributed by atoms with Crippen molar-refractivity contribution >= 4 is 33.1 Å². The topological polar surface area (TPSA) is 128 Å². The minimum Gasteiger partial charge on any atom is -0.383 e. The van der Waals surface area contributed by atoms with Crippen molar-refractivity contribution in [3.63, 3.8) is 0 Å². The zero-order valence-electron chi connectivity index (χ0n) is 23.6. The molecule has 9 nitrogen and oxygen atoms in total. The van der Waals surface area contributed by atoms with Gasteiger partial charge in [0, 0.05) is 41.6 Å². The maximum atomic E-state index is 10.1. The zero-order chi connectivity index (χ0) is 28.8. The Balaban J connectivity index is 1.51. The van der Waals surface area contributed by atoms with E-state index in [9.17, 15) is 10.5 Å². The fraction of sp³-hybridized carbons (Fsp3) is 0.312. The number of rotatable bonds is 7. The van der Waals surface area contributed by atoms with Crippen LogP contribution in [0.2, 0.25) is 0 Å². The normalized spacial score (nSPS) is 14.8. The maximum absolute atomic E-state index is 10.1. The molecular formula is C32H31N9. The van der Waals surface area contributed by atoms with Gasteiger partial charge in [0.15, 0.2) is 0 Å². The summed E-state index contributed by atoms with van der Waals surface area (Å²) in [6.45, 7) is 9.22. The molecule has 1 saturated carbocycles. The maximum Gasteiger partial charge on any atom is 0.110 e. The summed E-state index contributed by atoms with van der Waals surface area (Å²) >= 11 is 0. The Hall–Kier alpha value is -5.02. The first-order valence-electron chi connectivity index (χ1n) is 13.7. The third-order valence-corrected chi connectivity index (χ3v) is 7.68. The Morgan fingerprint density at radius 2 is 1.85 bits per heavy atom. The highest BCUT2D eigenvalue weighted by Crippen LogP contribution is 2.43. The molecule has 3 heterocycles. The highest BCUT2D eigenvalue weighted by atomic mass is 15.5. The van der Waals surface area contributed by atoms with Gasteiger partial charge >= 0.3 is 0 Å². The van der Waals surface area contributed by atoms with Gasteiger partial charge in [0.25, 0.3) is 0 Å². The average molecular weight is 542 g/mol. The monoisotopic (exact) mass is 541 g/mol. The molecule has 3 aromatic heterocycles. The average Bonchev–Trinajstić information content (AvgIpc) is 3.52. The lowest BCUT2D eigenvalue weighted by Crippen LogP contribution is -2.20. The van der Waals surface area contributed by atoms with Gasteiger partial charge in [0.05, 0.1) is 40.1 Å². The van der Waals surface area contributed by atoms with Crippen LogP contribution in [0, 0.1) is 28.1 Å². The van der Waals surface area contributed by atoms with Crippen molar-refractivity contribution in [3.05, 3.63) is 83.6 Å². The lowest BCUT2D eigenvalue weighted by molar-refractivity contribution is 0.443. The Morgan fingerprint density at radius 1 is 1.05 bits per heavy atom. The molecule has 0 spiro atoms. The van der Waals surface area contributed by atoms with E-state index in [1.807, 2.05) is 41.3 Å². The van der Waals surface area contributed by atoms with E-state index in [0.717, 1.165) is 34.9 Å². The first kappa shape index (κ1) is 26.2. The third-order valence-electron chi connectivity index (χ3n) is 7.68. The molecule has 0 radical (unpaired) electrons. The molecule has 9 heteroatoms. The Bertz CT molecular complexity index is 1860. The van der Waals surface area contributed by atoms with Crippen molar-refractivity contribution in [2.75, 3.05) is 17.2 Å². The standard InChI is InChI=1S/C32H31N9/c1-31(2,3)19-37-29-22(15-34)17-36-28-21(14-33)12-23(13-26(28)29)38-30(27-18-41(40-39-27)32(4)9-10-32)25-7-5-6-20-16-35-11-8-24(20)25/h5-8,11-13,16-18,30,38H,9-10,19H2,1-4H3,(H,36,37). The first-order chi connectivity index (χ1) is 19.7. The molecule has 41 heavy (non-hydrogen) atoms. The zero-order valence-corrected chi connectivity index (χ0v) is 23.6. The van der Waals surface area contributed by atoms with Crippen LogP contribution in [-0.2, 0) is 5.54 Å². The first-order valence-corrected chi connectivity index (χ1v) is 13.7. The number of aromatic nitrogens is 5. The van der Waals surface area contributed by atoms with Crippen molar-refractivity contribution in [1.29, 1.82) is 10.5 Å². The highest BCUT2D eigenvalue weighted by molar-refractivity contribution is 5.99. The van der Waals surface area contributed by atoms with E-state index < -0.39 is 0 Å². The molecule has 6 rings (SSSR count). The molecule has 1 aliphatic rings. The SMILES string of the molecule is CC(C)(C)CNc1c(C#N)cnc2c(C#N)cc(NC(c3cn(C4(C)CC4)nn3)c3cccc4cnccc34)cc12. The Kier molecular flexibility index (Phi) is 6.31. The summed E-state index contributed by atoms with van der Waals surface area (Å²) in [5.74, 6) is 0. The summed E-state index contributed by atoms with van der Waals surface area (Å²) in [4.78, 5) is 8.80. The second-order valence-electron chi connectivity index (χ2n) is 12.2. The number of nitrogens with zero attached hydrogens (tertiary/aromatic N) is 7. The molecule has 2 aromatic carbocycles. The van der Waals surface area contributed by atoms with Crippen LogP contribution in [0.1, 0.15) is 69.0 Å². The predicted molar refractivity (Wildman–Crippen MR) is 159 cm³/mol. The summed E-state index contributed by atoms with van der Waals surface area (Å²) in [6, 6.07) is 16.1. The lowest BCUT2D eigenvalue weighted by Gasteiger charge is -2.23. The highest BCUT2D eigenvalue weighted by Gasteiger charge is 2.41. The quantitative estimate of drug-likeness (QED) is 0.246. The lowest BCUT2D eigenvalue weighted by atomic mass is 9.96. The number of anilines is 2. The molecule has 0 bridgehead atoms. The minimum atomic E-state index is -0.362. The Morgan fingerprint density at radius 3 is 2.59 bits per heavy atom. The van der Waals surface area contributed by atoms with Crippen LogP contribution in [0.5, 0.6) is 0 Å².